The number of hydrogen-bond acceptors (Lipinski definition) is 8. The third kappa shape index (κ3) is 13.2. The third-order valence-corrected chi connectivity index (χ3v) is 26.2. The lowest BCUT2D eigenvalue weighted by Gasteiger charge is -2.15. The summed E-state index contributed by atoms with van der Waals surface area (Å²) in [5.41, 5.74) is 26.2. The zero-order chi connectivity index (χ0) is 82.0. The van der Waals surface area contributed by atoms with Crippen molar-refractivity contribution in [2.24, 2.45) is 0 Å². The Morgan fingerprint density at radius 1 is 0.161 bits per heavy atom. The largest absolute Gasteiger partial charge is 0.308 e. The molecular formula is C114H72N8S2. The second-order valence-electron chi connectivity index (χ2n) is 31.1. The molecule has 0 aliphatic rings. The molecule has 0 saturated carbocycles. The number of aromatic nitrogens is 8. The van der Waals surface area contributed by atoms with Crippen molar-refractivity contribution in [3.63, 3.8) is 0 Å². The van der Waals surface area contributed by atoms with Gasteiger partial charge in [-0.1, -0.05) is 370 Å². The Hall–Kier alpha value is -16.0. The molecule has 0 fully saturated rings. The van der Waals surface area contributed by atoms with Crippen LogP contribution in [0.5, 0.6) is 0 Å². The Bertz CT molecular complexity index is 8070. The van der Waals surface area contributed by atoms with E-state index in [1.807, 2.05) is 46.9 Å². The first kappa shape index (κ1) is 73.2. The van der Waals surface area contributed by atoms with Crippen molar-refractivity contribution in [1.29, 1.82) is 0 Å². The number of benzene rings is 18. The van der Waals surface area contributed by atoms with E-state index in [4.69, 9.17) is 29.9 Å². The van der Waals surface area contributed by atoms with Gasteiger partial charge in [0.2, 0.25) is 0 Å². The maximum atomic E-state index is 5.32. The third-order valence-electron chi connectivity index (χ3n) is 23.8. The summed E-state index contributed by atoms with van der Waals surface area (Å²) in [4.78, 5) is 31.5. The van der Waals surface area contributed by atoms with Crippen molar-refractivity contribution in [3.8, 4) is 146 Å². The number of para-hydroxylation sites is 4. The minimum Gasteiger partial charge on any atom is -0.308 e. The molecule has 24 aromatic rings. The van der Waals surface area contributed by atoms with E-state index in [1.165, 1.54) is 101 Å². The molecule has 18 aromatic carbocycles. The summed E-state index contributed by atoms with van der Waals surface area (Å²) in [5, 5.41) is 10.0. The second-order valence-corrected chi connectivity index (χ2v) is 33.2. The normalized spacial score (nSPS) is 11.5. The van der Waals surface area contributed by atoms with Gasteiger partial charge in [-0.25, -0.2) is 29.9 Å². The lowest BCUT2D eigenvalue weighted by atomic mass is 10.0. The van der Waals surface area contributed by atoms with Gasteiger partial charge in [-0.05, 0) is 133 Å². The molecule has 0 bridgehead atoms. The van der Waals surface area contributed by atoms with Crippen molar-refractivity contribution >= 4 is 107 Å². The highest BCUT2D eigenvalue weighted by Gasteiger charge is 2.26. The van der Waals surface area contributed by atoms with Gasteiger partial charge in [0.15, 0.2) is 34.9 Å². The molecule has 0 amide bonds. The smallest absolute Gasteiger partial charge is 0.166 e. The zero-order valence-corrected chi connectivity index (χ0v) is 68.6. The highest BCUT2D eigenvalue weighted by atomic mass is 32.1. The van der Waals surface area contributed by atoms with Crippen molar-refractivity contribution in [3.05, 3.63) is 437 Å². The first-order valence-electron chi connectivity index (χ1n) is 41.7. The molecule has 0 saturated heterocycles. The number of hydrogen-bond donors (Lipinski definition) is 0. The number of rotatable bonds is 14. The summed E-state index contributed by atoms with van der Waals surface area (Å²) in [6.45, 7) is 0. The van der Waals surface area contributed by atoms with Crippen molar-refractivity contribution in [2.75, 3.05) is 0 Å². The summed E-state index contributed by atoms with van der Waals surface area (Å²) in [5.74, 6) is 3.70. The van der Waals surface area contributed by atoms with Gasteiger partial charge in [0.1, 0.15) is 0 Å². The molecule has 8 nitrogen and oxygen atoms in total. The molecule has 10 heteroatoms. The molecule has 24 rings (SSSR count). The van der Waals surface area contributed by atoms with E-state index in [0.717, 1.165) is 94.6 Å². The standard InChI is InChI=1S/2C57H36N4S/c1-4-16-37(17-5-1)39-30-32-41(33-31-39)55-58-56(43-23-14-22-42(36-43)38-18-6-2-7-19-38)60-57(59-55)46-25-11-13-29-49(46)61-48-28-12-10-24-45(48)52-50(61)34-35-51-53(52)47-27-15-26-44(54(47)62-51)40-20-8-3-9-21-40;1-4-15-37(16-5-1)39-27-31-42(32-28-39)55-58-56(43-33-29-40(30-34-43)38-17-6-2-7-18-38)60-57(59-55)46-22-11-13-26-49(46)61-48-25-12-10-21-45(48)52-50(61)35-36-51-53(52)47-24-14-23-44(54(47)62-51)41-19-8-3-9-20-41/h2*1-36H. The van der Waals surface area contributed by atoms with E-state index in [2.05, 4.69) is 422 Å². The minimum absolute atomic E-state index is 0.610. The average molecular weight is 1620 g/mol. The van der Waals surface area contributed by atoms with Crippen LogP contribution in [0.1, 0.15) is 0 Å². The second kappa shape index (κ2) is 31.3. The molecule has 0 unspecified atom stereocenters. The van der Waals surface area contributed by atoms with Gasteiger partial charge in [-0.2, -0.15) is 0 Å². The number of thiophene rings is 2. The van der Waals surface area contributed by atoms with Gasteiger partial charge < -0.3 is 9.13 Å². The van der Waals surface area contributed by atoms with Gasteiger partial charge in [-0.3, -0.25) is 0 Å². The van der Waals surface area contributed by atoms with Crippen molar-refractivity contribution < 1.29 is 0 Å². The topological polar surface area (TPSA) is 87.2 Å². The monoisotopic (exact) mass is 1620 g/mol. The van der Waals surface area contributed by atoms with E-state index in [9.17, 15) is 0 Å². The van der Waals surface area contributed by atoms with Crippen molar-refractivity contribution in [2.45, 2.75) is 0 Å². The Kier molecular flexibility index (Phi) is 18.5. The van der Waals surface area contributed by atoms with E-state index in [-0.39, 0.29) is 0 Å². The molecule has 0 aliphatic carbocycles. The lowest BCUT2D eigenvalue weighted by Crippen LogP contribution is -2.03. The van der Waals surface area contributed by atoms with Crippen LogP contribution < -0.4 is 0 Å². The van der Waals surface area contributed by atoms with Gasteiger partial charge >= 0.3 is 0 Å². The Morgan fingerprint density at radius 2 is 0.427 bits per heavy atom. The molecule has 580 valence electrons. The van der Waals surface area contributed by atoms with Crippen LogP contribution in [0.4, 0.5) is 0 Å². The van der Waals surface area contributed by atoms with Crippen LogP contribution in [-0.2, 0) is 0 Å². The minimum atomic E-state index is 0.610. The highest BCUT2D eigenvalue weighted by molar-refractivity contribution is 7.27. The summed E-state index contributed by atoms with van der Waals surface area (Å²) >= 11 is 3.75. The molecule has 124 heavy (non-hydrogen) atoms. The Balaban J connectivity index is 0.000000143. The average Bonchev–Trinajstić information content (AvgIpc) is 1.56. The van der Waals surface area contributed by atoms with E-state index < -0.39 is 0 Å². The lowest BCUT2D eigenvalue weighted by molar-refractivity contribution is 1.06. The Morgan fingerprint density at radius 3 is 0.815 bits per heavy atom. The summed E-state index contributed by atoms with van der Waals surface area (Å²) in [6.07, 6.45) is 0. The van der Waals surface area contributed by atoms with Crippen molar-refractivity contribution in [1.82, 2.24) is 39.0 Å². The maximum absolute atomic E-state index is 5.32. The molecule has 0 aliphatic heterocycles. The SMILES string of the molecule is c1ccc(-c2ccc(-c3nc(-c4ccc(-c5ccccc5)cc4)nc(-c4ccccc4-n4c5ccccc5c5c6c(ccc54)sc4c(-c5ccccc5)cccc46)n3)cc2)cc1.c1ccc(-c2ccc(-c3nc(-c4cccc(-c5ccccc5)c4)nc(-c4ccccc4-n4c5ccccc5c5c6c(ccc54)sc4c(-c5ccccc5)cccc46)n3)cc2)cc1. The van der Waals surface area contributed by atoms with Crippen LogP contribution in [0, 0.1) is 0 Å². The van der Waals surface area contributed by atoms with Crippen LogP contribution in [0.2, 0.25) is 0 Å². The van der Waals surface area contributed by atoms with Gasteiger partial charge in [-0.15, -0.1) is 22.7 Å². The van der Waals surface area contributed by atoms with Crippen LogP contribution in [-0.4, -0.2) is 39.0 Å². The van der Waals surface area contributed by atoms with Crippen LogP contribution >= 0.6 is 22.7 Å². The first-order valence-corrected chi connectivity index (χ1v) is 43.3. The molecule has 0 N–H and O–H groups in total. The van der Waals surface area contributed by atoms with Crippen LogP contribution in [0.15, 0.2) is 437 Å². The fourth-order valence-electron chi connectivity index (χ4n) is 17.9. The highest BCUT2D eigenvalue weighted by Crippen LogP contribution is 2.50. The predicted octanol–water partition coefficient (Wildman–Crippen LogP) is 30.7. The van der Waals surface area contributed by atoms with Crippen LogP contribution in [0.25, 0.3) is 230 Å². The fraction of sp³-hybridized carbons (Fsp3) is 0. The Labute approximate surface area is 723 Å². The summed E-state index contributed by atoms with van der Waals surface area (Å²) < 4.78 is 9.95. The number of fused-ring (bicyclic) bond motifs is 14. The molecule has 6 heterocycles. The molecule has 0 atom stereocenters. The van der Waals surface area contributed by atoms with Gasteiger partial charge in [0, 0.05) is 95.3 Å². The maximum Gasteiger partial charge on any atom is 0.166 e. The van der Waals surface area contributed by atoms with E-state index in [0.29, 0.717) is 34.9 Å². The van der Waals surface area contributed by atoms with E-state index >= 15 is 0 Å². The number of nitrogens with zero attached hydrogens (tertiary/aromatic N) is 8. The fourth-order valence-corrected chi connectivity index (χ4v) is 20.4. The van der Waals surface area contributed by atoms with E-state index in [1.54, 1.807) is 0 Å². The molecular weight excluding hydrogens is 1550 g/mol. The predicted molar refractivity (Wildman–Crippen MR) is 519 cm³/mol. The first-order chi connectivity index (χ1) is 61.5. The zero-order valence-electron chi connectivity index (χ0n) is 67.0. The van der Waals surface area contributed by atoms with Gasteiger partial charge in [0.25, 0.3) is 0 Å². The van der Waals surface area contributed by atoms with Crippen LogP contribution in [0.3, 0.4) is 0 Å². The summed E-state index contributed by atoms with van der Waals surface area (Å²) in [6, 6.07) is 154. The molecule has 0 radical (unpaired) electrons. The van der Waals surface area contributed by atoms with Gasteiger partial charge in [0.05, 0.1) is 33.4 Å². The quantitative estimate of drug-likeness (QED) is 0.108. The molecule has 6 aromatic heterocycles. The molecule has 0 spiro atoms. The summed E-state index contributed by atoms with van der Waals surface area (Å²) in [7, 11) is 0.